The van der Waals surface area contributed by atoms with Crippen LogP contribution < -0.4 is 4.74 Å². The number of benzene rings is 1. The number of methoxy groups -OCH3 is 2. The number of hydrogen-bond acceptors (Lipinski definition) is 6. The van der Waals surface area contributed by atoms with Gasteiger partial charge < -0.3 is 18.9 Å². The highest BCUT2D eigenvalue weighted by atomic mass is 19.4. The van der Waals surface area contributed by atoms with Crippen molar-refractivity contribution in [2.75, 3.05) is 21.0 Å². The number of esters is 1. The largest absolute Gasteiger partial charge is 0.465 e. The fraction of sp³-hybridized carbons (Fsp3) is 0.333. The van der Waals surface area contributed by atoms with Crippen molar-refractivity contribution < 1.29 is 50.1 Å². The topological polar surface area (TPSA) is 66.9 Å². The third-order valence-corrected chi connectivity index (χ3v) is 4.29. The molecule has 0 fully saturated rings. The summed E-state index contributed by atoms with van der Waals surface area (Å²) in [5.41, 5.74) is -6.09. The summed E-state index contributed by atoms with van der Waals surface area (Å²) in [6.45, 7) is 0.215. The fourth-order valence-corrected chi connectivity index (χ4v) is 2.84. The van der Waals surface area contributed by atoms with Crippen molar-refractivity contribution in [3.63, 3.8) is 0 Å². The molecule has 0 unspecified atom stereocenters. The Labute approximate surface area is 184 Å². The van der Waals surface area contributed by atoms with Gasteiger partial charge in [-0.1, -0.05) is 18.2 Å². The normalized spacial score (nSPS) is 12.8. The van der Waals surface area contributed by atoms with Crippen LogP contribution in [0.25, 0.3) is 6.08 Å². The molecule has 0 saturated heterocycles. The Morgan fingerprint density at radius 3 is 2.27 bits per heavy atom. The van der Waals surface area contributed by atoms with E-state index in [9.17, 15) is 31.1 Å². The summed E-state index contributed by atoms with van der Waals surface area (Å²) in [7, 11) is 2.06. The molecule has 0 N–H and O–H groups in total. The Bertz CT molecular complexity index is 989. The van der Waals surface area contributed by atoms with E-state index >= 15 is 0 Å². The molecule has 180 valence electrons. The lowest BCUT2D eigenvalue weighted by Gasteiger charge is -2.37. The van der Waals surface area contributed by atoms with Gasteiger partial charge in [0.05, 0.1) is 12.7 Å². The minimum Gasteiger partial charge on any atom is -0.465 e. The first-order chi connectivity index (χ1) is 15.4. The van der Waals surface area contributed by atoms with Gasteiger partial charge in [-0.05, 0) is 31.2 Å². The third-order valence-electron chi connectivity index (χ3n) is 4.29. The highest BCUT2D eigenvalue weighted by Gasteiger charge is 2.73. The van der Waals surface area contributed by atoms with E-state index in [0.717, 1.165) is 7.11 Å². The third kappa shape index (κ3) is 5.45. The van der Waals surface area contributed by atoms with Crippen LogP contribution in [0.1, 0.15) is 28.4 Å². The van der Waals surface area contributed by atoms with Crippen LogP contribution in [0.2, 0.25) is 0 Å². The monoisotopic (exact) mass is 479 g/mol. The molecule has 0 aliphatic carbocycles. The van der Waals surface area contributed by atoms with Crippen LogP contribution >= 0.6 is 0 Å². The standard InChI is InChI=1S/C21H19F6NO5/c1-4-6-13-9-15(19(20(22,23)24,21(25,26)27)32-12-30-2)11-28-17(13)33-16-8-5-7-14(10-16)18(29)31-3/h4-11H,12H2,1-3H3. The second kappa shape index (κ2) is 10.2. The SMILES string of the molecule is CC=Cc1cc(C(OCOC)(C(F)(F)F)C(F)(F)F)cnc1Oc1cccc(C(=O)OC)c1. The summed E-state index contributed by atoms with van der Waals surface area (Å²) in [5.74, 6) is -0.922. The summed E-state index contributed by atoms with van der Waals surface area (Å²) in [6, 6.07) is 6.18. The smallest absolute Gasteiger partial charge is 0.431 e. The van der Waals surface area contributed by atoms with Gasteiger partial charge in [-0.15, -0.1) is 0 Å². The predicted octanol–water partition coefficient (Wildman–Crippen LogP) is 5.63. The second-order valence-corrected chi connectivity index (χ2v) is 6.47. The van der Waals surface area contributed by atoms with Gasteiger partial charge in [0, 0.05) is 24.4 Å². The maximum Gasteiger partial charge on any atom is 0.431 e. The molecule has 1 heterocycles. The van der Waals surface area contributed by atoms with Crippen molar-refractivity contribution in [3.8, 4) is 11.6 Å². The first-order valence-electron chi connectivity index (χ1n) is 9.17. The molecule has 2 aromatic rings. The molecule has 12 heteroatoms. The lowest BCUT2D eigenvalue weighted by Crippen LogP contribution is -2.56. The van der Waals surface area contributed by atoms with E-state index in [1.807, 2.05) is 0 Å². The Hall–Kier alpha value is -3.12. The molecule has 0 atom stereocenters. The number of alkyl halides is 6. The van der Waals surface area contributed by atoms with Gasteiger partial charge in [0.25, 0.3) is 5.60 Å². The van der Waals surface area contributed by atoms with E-state index in [4.69, 9.17) is 4.74 Å². The summed E-state index contributed by atoms with van der Waals surface area (Å²) in [5, 5.41) is 0. The molecule has 0 bridgehead atoms. The van der Waals surface area contributed by atoms with E-state index in [-0.39, 0.29) is 22.8 Å². The number of halogens is 6. The van der Waals surface area contributed by atoms with Crippen LogP contribution in [0.4, 0.5) is 26.3 Å². The van der Waals surface area contributed by atoms with Crippen molar-refractivity contribution in [2.45, 2.75) is 24.9 Å². The van der Waals surface area contributed by atoms with E-state index < -0.39 is 36.3 Å². The number of allylic oxidation sites excluding steroid dienone is 1. The molecule has 0 saturated carbocycles. The highest BCUT2D eigenvalue weighted by molar-refractivity contribution is 5.89. The molecule has 0 aliphatic heterocycles. The van der Waals surface area contributed by atoms with Crippen LogP contribution in [0.15, 0.2) is 42.6 Å². The van der Waals surface area contributed by atoms with Gasteiger partial charge in [-0.2, -0.15) is 26.3 Å². The zero-order valence-corrected chi connectivity index (χ0v) is 17.6. The zero-order valence-electron chi connectivity index (χ0n) is 17.6. The maximum absolute atomic E-state index is 13.8. The van der Waals surface area contributed by atoms with Crippen LogP contribution in [-0.4, -0.2) is 44.3 Å². The number of rotatable bonds is 8. The molecule has 0 amide bonds. The second-order valence-electron chi connectivity index (χ2n) is 6.47. The highest BCUT2D eigenvalue weighted by Crippen LogP contribution is 2.53. The minimum atomic E-state index is -5.89. The molecule has 33 heavy (non-hydrogen) atoms. The predicted molar refractivity (Wildman–Crippen MR) is 104 cm³/mol. The van der Waals surface area contributed by atoms with Crippen LogP contribution in [-0.2, 0) is 19.8 Å². The molecule has 0 spiro atoms. The Balaban J connectivity index is 2.62. The molecular formula is C21H19F6NO5. The van der Waals surface area contributed by atoms with E-state index in [1.54, 1.807) is 0 Å². The van der Waals surface area contributed by atoms with Gasteiger partial charge in [0.15, 0.2) is 0 Å². The molecular weight excluding hydrogens is 460 g/mol. The number of aromatic nitrogens is 1. The Kier molecular flexibility index (Phi) is 8.09. The zero-order chi connectivity index (χ0) is 24.9. The first kappa shape index (κ1) is 26.1. The van der Waals surface area contributed by atoms with E-state index in [0.29, 0.717) is 12.3 Å². The van der Waals surface area contributed by atoms with Crippen molar-refractivity contribution in [1.29, 1.82) is 0 Å². The van der Waals surface area contributed by atoms with Gasteiger partial charge in [-0.25, -0.2) is 9.78 Å². The Morgan fingerprint density at radius 1 is 1.06 bits per heavy atom. The van der Waals surface area contributed by atoms with Gasteiger partial charge in [-0.3, -0.25) is 0 Å². The molecule has 0 aliphatic rings. The molecule has 1 aromatic carbocycles. The van der Waals surface area contributed by atoms with Crippen molar-refractivity contribution in [1.82, 2.24) is 4.98 Å². The number of carbonyl (C=O) groups is 1. The number of pyridine rings is 1. The average Bonchev–Trinajstić information content (AvgIpc) is 2.73. The van der Waals surface area contributed by atoms with Gasteiger partial charge >= 0.3 is 18.3 Å². The van der Waals surface area contributed by atoms with Gasteiger partial charge in [0.2, 0.25) is 5.88 Å². The lowest BCUT2D eigenvalue weighted by molar-refractivity contribution is -0.400. The number of carbonyl (C=O) groups excluding carboxylic acids is 1. The van der Waals surface area contributed by atoms with E-state index in [1.165, 1.54) is 50.5 Å². The molecule has 0 radical (unpaired) electrons. The van der Waals surface area contributed by atoms with Crippen LogP contribution in [0.5, 0.6) is 11.6 Å². The summed E-state index contributed by atoms with van der Waals surface area (Å²) in [6.07, 6.45) is -8.84. The van der Waals surface area contributed by atoms with Gasteiger partial charge in [0.1, 0.15) is 12.5 Å². The lowest BCUT2D eigenvalue weighted by atomic mass is 9.92. The molecule has 6 nitrogen and oxygen atoms in total. The fourth-order valence-electron chi connectivity index (χ4n) is 2.84. The van der Waals surface area contributed by atoms with E-state index in [2.05, 4.69) is 19.2 Å². The average molecular weight is 479 g/mol. The first-order valence-corrected chi connectivity index (χ1v) is 9.17. The number of hydrogen-bond donors (Lipinski definition) is 0. The van der Waals surface area contributed by atoms with Crippen molar-refractivity contribution in [2.24, 2.45) is 0 Å². The summed E-state index contributed by atoms with van der Waals surface area (Å²) in [4.78, 5) is 15.4. The Morgan fingerprint density at radius 2 is 1.73 bits per heavy atom. The molecule has 1 aromatic heterocycles. The van der Waals surface area contributed by atoms with Crippen LogP contribution in [0, 0.1) is 0 Å². The van der Waals surface area contributed by atoms with Crippen LogP contribution in [0.3, 0.4) is 0 Å². The minimum absolute atomic E-state index is 0.0532. The maximum atomic E-state index is 13.8. The quantitative estimate of drug-likeness (QED) is 0.278. The summed E-state index contributed by atoms with van der Waals surface area (Å²) < 4.78 is 101. The van der Waals surface area contributed by atoms with Crippen molar-refractivity contribution >= 4 is 12.0 Å². The summed E-state index contributed by atoms with van der Waals surface area (Å²) >= 11 is 0. The molecule has 2 rings (SSSR count). The number of ether oxygens (including phenoxy) is 4. The van der Waals surface area contributed by atoms with Crippen molar-refractivity contribution in [3.05, 3.63) is 59.3 Å². The number of nitrogens with zero attached hydrogens (tertiary/aromatic N) is 1.